The average Bonchev–Trinajstić information content (AvgIpc) is 2.67. The molecular formula is C14H27N3O. The highest BCUT2D eigenvalue weighted by Crippen LogP contribution is 2.08. The lowest BCUT2D eigenvalue weighted by Crippen LogP contribution is -2.36. The molecule has 1 heterocycles. The number of unbranched alkanes of at least 4 members (excludes halogenated alkanes) is 3. The van der Waals surface area contributed by atoms with Gasteiger partial charge in [0.25, 0.3) is 0 Å². The lowest BCUT2D eigenvalue weighted by atomic mass is 10.1. The van der Waals surface area contributed by atoms with E-state index in [1.54, 1.807) is 10.9 Å². The molecule has 4 heteroatoms. The Morgan fingerprint density at radius 2 is 1.94 bits per heavy atom. The number of hydrogen-bond acceptors (Lipinski definition) is 3. The Bertz CT molecular complexity index is 328. The lowest BCUT2D eigenvalue weighted by molar-refractivity contribution is 0.303. The topological polar surface area (TPSA) is 39.1 Å². The number of nitrogens with zero attached hydrogens (tertiary/aromatic N) is 2. The van der Waals surface area contributed by atoms with Crippen molar-refractivity contribution in [2.45, 2.75) is 52.0 Å². The average molecular weight is 253 g/mol. The second-order valence-electron chi connectivity index (χ2n) is 5.79. The summed E-state index contributed by atoms with van der Waals surface area (Å²) in [5.74, 6) is 0.867. The van der Waals surface area contributed by atoms with Gasteiger partial charge in [0, 0.05) is 12.6 Å². The highest BCUT2D eigenvalue weighted by Gasteiger charge is 2.06. The first kappa shape index (κ1) is 15.0. The van der Waals surface area contributed by atoms with E-state index >= 15 is 0 Å². The molecule has 1 rings (SSSR count). The number of nitrogens with one attached hydrogen (secondary N) is 1. The van der Waals surface area contributed by atoms with Crippen molar-refractivity contribution in [3.05, 3.63) is 12.4 Å². The van der Waals surface area contributed by atoms with Crippen LogP contribution in [-0.4, -0.2) is 28.5 Å². The van der Waals surface area contributed by atoms with Gasteiger partial charge in [-0.2, -0.15) is 5.10 Å². The zero-order chi connectivity index (χ0) is 13.4. The zero-order valence-corrected chi connectivity index (χ0v) is 12.2. The summed E-state index contributed by atoms with van der Waals surface area (Å²) in [6.45, 7) is 8.50. The van der Waals surface area contributed by atoms with Crippen molar-refractivity contribution < 1.29 is 4.74 Å². The molecule has 0 spiro atoms. The van der Waals surface area contributed by atoms with Crippen LogP contribution < -0.4 is 10.1 Å². The normalized spacial score (nSPS) is 11.8. The summed E-state index contributed by atoms with van der Waals surface area (Å²) in [7, 11) is 1.90. The van der Waals surface area contributed by atoms with E-state index in [2.05, 4.69) is 31.2 Å². The predicted octanol–water partition coefficient (Wildman–Crippen LogP) is 2.75. The summed E-state index contributed by atoms with van der Waals surface area (Å²) >= 11 is 0. The summed E-state index contributed by atoms with van der Waals surface area (Å²) in [4.78, 5) is 0. The minimum atomic E-state index is 0.240. The fraction of sp³-hybridized carbons (Fsp3) is 0.786. The predicted molar refractivity (Wildman–Crippen MR) is 74.9 cm³/mol. The largest absolute Gasteiger partial charge is 0.490 e. The molecule has 104 valence electrons. The van der Waals surface area contributed by atoms with Gasteiger partial charge in [-0.05, 0) is 40.2 Å². The van der Waals surface area contributed by atoms with Gasteiger partial charge >= 0.3 is 0 Å². The van der Waals surface area contributed by atoms with E-state index in [0.29, 0.717) is 0 Å². The Balaban J connectivity index is 1.90. The molecule has 0 amide bonds. The molecule has 0 aliphatic heterocycles. The molecule has 0 aliphatic rings. The van der Waals surface area contributed by atoms with Gasteiger partial charge in [0.1, 0.15) is 0 Å². The molecule has 0 radical (unpaired) electrons. The number of hydrogen-bond donors (Lipinski definition) is 1. The zero-order valence-electron chi connectivity index (χ0n) is 12.2. The minimum absolute atomic E-state index is 0.240. The van der Waals surface area contributed by atoms with Gasteiger partial charge in [0.2, 0.25) is 0 Å². The highest BCUT2D eigenvalue weighted by molar-refractivity contribution is 5.10. The SMILES string of the molecule is Cn1cc(OCCCCCCNC(C)(C)C)cn1. The van der Waals surface area contributed by atoms with E-state index in [-0.39, 0.29) is 5.54 Å². The van der Waals surface area contributed by atoms with Crippen LogP contribution in [0.3, 0.4) is 0 Å². The van der Waals surface area contributed by atoms with Crippen LogP contribution in [-0.2, 0) is 7.05 Å². The quantitative estimate of drug-likeness (QED) is 0.724. The molecule has 0 fully saturated rings. The van der Waals surface area contributed by atoms with Crippen LogP contribution in [0, 0.1) is 0 Å². The summed E-state index contributed by atoms with van der Waals surface area (Å²) in [6, 6.07) is 0. The van der Waals surface area contributed by atoms with Crippen molar-refractivity contribution in [2.24, 2.45) is 7.05 Å². The van der Waals surface area contributed by atoms with Crippen molar-refractivity contribution in [3.8, 4) is 5.75 Å². The molecule has 0 aliphatic carbocycles. The molecule has 1 N–H and O–H groups in total. The molecule has 0 saturated carbocycles. The van der Waals surface area contributed by atoms with Gasteiger partial charge in [-0.25, -0.2) is 0 Å². The van der Waals surface area contributed by atoms with Gasteiger partial charge < -0.3 is 10.1 Å². The van der Waals surface area contributed by atoms with E-state index in [1.807, 2.05) is 13.2 Å². The monoisotopic (exact) mass is 253 g/mol. The maximum atomic E-state index is 5.59. The number of rotatable bonds is 8. The molecule has 0 bridgehead atoms. The van der Waals surface area contributed by atoms with E-state index in [4.69, 9.17) is 4.74 Å². The molecule has 0 saturated heterocycles. The standard InChI is InChI=1S/C14H27N3O/c1-14(2,3)15-9-7-5-6-8-10-18-13-11-16-17(4)12-13/h11-12,15H,5-10H2,1-4H3. The van der Waals surface area contributed by atoms with Gasteiger partial charge in [0.15, 0.2) is 5.75 Å². The molecule has 0 atom stereocenters. The van der Waals surface area contributed by atoms with Crippen molar-refractivity contribution >= 4 is 0 Å². The summed E-state index contributed by atoms with van der Waals surface area (Å²) < 4.78 is 7.35. The second-order valence-corrected chi connectivity index (χ2v) is 5.79. The van der Waals surface area contributed by atoms with Crippen LogP contribution in [0.15, 0.2) is 12.4 Å². The summed E-state index contributed by atoms with van der Waals surface area (Å²) in [5.41, 5.74) is 0.240. The van der Waals surface area contributed by atoms with Gasteiger partial charge in [-0.1, -0.05) is 12.8 Å². The molecule has 0 unspecified atom stereocenters. The molecular weight excluding hydrogens is 226 g/mol. The Labute approximate surface area is 111 Å². The molecule has 1 aromatic rings. The Morgan fingerprint density at radius 1 is 1.22 bits per heavy atom. The number of ether oxygens (including phenoxy) is 1. The van der Waals surface area contributed by atoms with E-state index < -0.39 is 0 Å². The summed E-state index contributed by atoms with van der Waals surface area (Å²) in [5, 5.41) is 7.56. The van der Waals surface area contributed by atoms with E-state index in [0.717, 1.165) is 25.3 Å². The minimum Gasteiger partial charge on any atom is -0.490 e. The van der Waals surface area contributed by atoms with Crippen LogP contribution in [0.25, 0.3) is 0 Å². The Hall–Kier alpha value is -1.03. The maximum absolute atomic E-state index is 5.59. The third-order valence-corrected chi connectivity index (χ3v) is 2.68. The molecule has 4 nitrogen and oxygen atoms in total. The maximum Gasteiger partial charge on any atom is 0.157 e. The fourth-order valence-electron chi connectivity index (χ4n) is 1.71. The third-order valence-electron chi connectivity index (χ3n) is 2.68. The van der Waals surface area contributed by atoms with Gasteiger partial charge in [-0.15, -0.1) is 0 Å². The van der Waals surface area contributed by atoms with Crippen molar-refractivity contribution in [1.82, 2.24) is 15.1 Å². The van der Waals surface area contributed by atoms with Crippen molar-refractivity contribution in [1.29, 1.82) is 0 Å². The first-order valence-corrected chi connectivity index (χ1v) is 6.84. The molecule has 0 aromatic carbocycles. The Kier molecular flexibility index (Phi) is 6.19. The van der Waals surface area contributed by atoms with E-state index in [9.17, 15) is 0 Å². The van der Waals surface area contributed by atoms with Crippen molar-refractivity contribution in [2.75, 3.05) is 13.2 Å². The lowest BCUT2D eigenvalue weighted by Gasteiger charge is -2.20. The highest BCUT2D eigenvalue weighted by atomic mass is 16.5. The van der Waals surface area contributed by atoms with Crippen LogP contribution in [0.4, 0.5) is 0 Å². The Morgan fingerprint density at radius 3 is 2.56 bits per heavy atom. The molecule has 18 heavy (non-hydrogen) atoms. The van der Waals surface area contributed by atoms with Gasteiger partial charge in [-0.3, -0.25) is 4.68 Å². The summed E-state index contributed by atoms with van der Waals surface area (Å²) in [6.07, 6.45) is 8.50. The third kappa shape index (κ3) is 7.33. The fourth-order valence-corrected chi connectivity index (χ4v) is 1.71. The number of aromatic nitrogens is 2. The second kappa shape index (κ2) is 7.41. The first-order valence-electron chi connectivity index (χ1n) is 6.84. The smallest absolute Gasteiger partial charge is 0.157 e. The molecule has 1 aromatic heterocycles. The van der Waals surface area contributed by atoms with Crippen LogP contribution in [0.2, 0.25) is 0 Å². The van der Waals surface area contributed by atoms with Crippen LogP contribution >= 0.6 is 0 Å². The van der Waals surface area contributed by atoms with E-state index in [1.165, 1.54) is 19.3 Å². The van der Waals surface area contributed by atoms with Crippen LogP contribution in [0.5, 0.6) is 5.75 Å². The number of aryl methyl sites for hydroxylation is 1. The van der Waals surface area contributed by atoms with Crippen LogP contribution in [0.1, 0.15) is 46.5 Å². The van der Waals surface area contributed by atoms with Gasteiger partial charge in [0.05, 0.1) is 19.0 Å². The van der Waals surface area contributed by atoms with Crippen molar-refractivity contribution in [3.63, 3.8) is 0 Å². The first-order chi connectivity index (χ1) is 8.47.